The summed E-state index contributed by atoms with van der Waals surface area (Å²) in [4.78, 5) is 33.3. The highest BCUT2D eigenvalue weighted by Gasteiger charge is 2.12. The van der Waals surface area contributed by atoms with Crippen molar-refractivity contribution < 1.29 is 24.2 Å². The fraction of sp³-hybridized carbons (Fsp3) is 0.308. The Kier molecular flexibility index (Phi) is 5.99. The number of carbonyl (C=O) groups is 3. The van der Waals surface area contributed by atoms with Crippen LogP contribution in [0, 0.1) is 0 Å². The molecule has 1 aromatic carbocycles. The summed E-state index contributed by atoms with van der Waals surface area (Å²) >= 11 is 5.85. The summed E-state index contributed by atoms with van der Waals surface area (Å²) < 4.78 is 4.57. The van der Waals surface area contributed by atoms with Crippen LogP contribution in [0.1, 0.15) is 29.6 Å². The van der Waals surface area contributed by atoms with Crippen LogP contribution in [0.15, 0.2) is 18.2 Å². The van der Waals surface area contributed by atoms with Gasteiger partial charge in [-0.1, -0.05) is 11.6 Å². The van der Waals surface area contributed by atoms with Crippen LogP contribution >= 0.6 is 11.6 Å². The summed E-state index contributed by atoms with van der Waals surface area (Å²) in [5, 5.41) is 11.3. The summed E-state index contributed by atoms with van der Waals surface area (Å²) in [5.74, 6) is -1.88. The number of methoxy groups -OCH3 is 1. The van der Waals surface area contributed by atoms with E-state index >= 15 is 0 Å². The Morgan fingerprint density at radius 2 is 2.00 bits per heavy atom. The van der Waals surface area contributed by atoms with Crippen LogP contribution in [0.5, 0.6) is 0 Å². The van der Waals surface area contributed by atoms with E-state index in [0.717, 1.165) is 0 Å². The van der Waals surface area contributed by atoms with Gasteiger partial charge in [-0.15, -0.1) is 0 Å². The van der Waals surface area contributed by atoms with Crippen LogP contribution in [-0.4, -0.2) is 30.1 Å². The van der Waals surface area contributed by atoms with Crippen molar-refractivity contribution in [2.75, 3.05) is 12.4 Å². The number of hydrogen-bond donors (Lipinski definition) is 2. The van der Waals surface area contributed by atoms with Crippen molar-refractivity contribution in [2.45, 2.75) is 19.3 Å². The molecule has 0 unspecified atom stereocenters. The average molecular weight is 300 g/mol. The van der Waals surface area contributed by atoms with Crippen molar-refractivity contribution >= 4 is 35.1 Å². The zero-order chi connectivity index (χ0) is 15.1. The van der Waals surface area contributed by atoms with Gasteiger partial charge in [0.15, 0.2) is 0 Å². The van der Waals surface area contributed by atoms with Crippen LogP contribution in [0.4, 0.5) is 5.69 Å². The monoisotopic (exact) mass is 299 g/mol. The zero-order valence-electron chi connectivity index (χ0n) is 10.8. The predicted octanol–water partition coefficient (Wildman–Crippen LogP) is 2.32. The smallest absolute Gasteiger partial charge is 0.339 e. The van der Waals surface area contributed by atoms with E-state index < -0.39 is 11.9 Å². The van der Waals surface area contributed by atoms with Gasteiger partial charge in [-0.2, -0.15) is 0 Å². The number of carboxylic acid groups (broad SMARTS) is 1. The molecule has 0 aliphatic heterocycles. The highest BCUT2D eigenvalue weighted by atomic mass is 35.5. The van der Waals surface area contributed by atoms with E-state index in [1.807, 2.05) is 0 Å². The fourth-order valence-electron chi connectivity index (χ4n) is 1.49. The second-order valence-electron chi connectivity index (χ2n) is 3.98. The molecule has 1 aromatic rings. The molecular weight excluding hydrogens is 286 g/mol. The van der Waals surface area contributed by atoms with E-state index in [4.69, 9.17) is 16.7 Å². The van der Waals surface area contributed by atoms with Gasteiger partial charge in [0.2, 0.25) is 5.91 Å². The first-order valence-electron chi connectivity index (χ1n) is 5.83. The van der Waals surface area contributed by atoms with Gasteiger partial charge in [-0.25, -0.2) is 4.79 Å². The van der Waals surface area contributed by atoms with E-state index in [1.165, 1.54) is 19.2 Å². The lowest BCUT2D eigenvalue weighted by Crippen LogP contribution is -2.12. The van der Waals surface area contributed by atoms with Crippen molar-refractivity contribution in [3.8, 4) is 0 Å². The maximum atomic E-state index is 11.6. The molecule has 0 saturated carbocycles. The SMILES string of the molecule is COC(=O)c1cc(NC(=O)CCCC(=O)O)ccc1Cl. The van der Waals surface area contributed by atoms with Crippen molar-refractivity contribution in [1.82, 2.24) is 0 Å². The van der Waals surface area contributed by atoms with Gasteiger partial charge in [0, 0.05) is 18.5 Å². The van der Waals surface area contributed by atoms with Gasteiger partial charge in [0.05, 0.1) is 17.7 Å². The lowest BCUT2D eigenvalue weighted by atomic mass is 10.2. The Balaban J connectivity index is 2.66. The zero-order valence-corrected chi connectivity index (χ0v) is 11.6. The Labute approximate surface area is 120 Å². The number of ether oxygens (including phenoxy) is 1. The second-order valence-corrected chi connectivity index (χ2v) is 4.39. The number of esters is 1. The third kappa shape index (κ3) is 4.89. The number of halogens is 1. The summed E-state index contributed by atoms with van der Waals surface area (Å²) in [6.07, 6.45) is 0.266. The van der Waals surface area contributed by atoms with E-state index in [2.05, 4.69) is 10.1 Å². The first-order valence-corrected chi connectivity index (χ1v) is 6.21. The molecule has 108 valence electrons. The first-order chi connectivity index (χ1) is 9.43. The topological polar surface area (TPSA) is 92.7 Å². The molecule has 20 heavy (non-hydrogen) atoms. The quantitative estimate of drug-likeness (QED) is 0.786. The molecule has 0 aromatic heterocycles. The second kappa shape index (κ2) is 7.49. The largest absolute Gasteiger partial charge is 0.481 e. The van der Waals surface area contributed by atoms with E-state index in [1.54, 1.807) is 6.07 Å². The number of anilines is 1. The van der Waals surface area contributed by atoms with Crippen molar-refractivity contribution in [3.63, 3.8) is 0 Å². The third-order valence-corrected chi connectivity index (χ3v) is 2.78. The normalized spacial score (nSPS) is 9.90. The molecule has 0 spiro atoms. The van der Waals surface area contributed by atoms with Gasteiger partial charge in [-0.3, -0.25) is 9.59 Å². The maximum Gasteiger partial charge on any atom is 0.339 e. The Bertz CT molecular complexity index is 529. The molecule has 0 aliphatic rings. The third-order valence-electron chi connectivity index (χ3n) is 2.45. The molecule has 0 saturated heterocycles. The molecule has 1 amide bonds. The first kappa shape index (κ1) is 16.0. The lowest BCUT2D eigenvalue weighted by molar-refractivity contribution is -0.137. The summed E-state index contributed by atoms with van der Waals surface area (Å²) in [5.41, 5.74) is 0.549. The minimum Gasteiger partial charge on any atom is -0.481 e. The number of amides is 1. The molecule has 1 rings (SSSR count). The minimum atomic E-state index is -0.947. The van der Waals surface area contributed by atoms with Crippen molar-refractivity contribution in [1.29, 1.82) is 0 Å². The van der Waals surface area contributed by atoms with E-state index in [-0.39, 0.29) is 35.8 Å². The highest BCUT2D eigenvalue weighted by Crippen LogP contribution is 2.21. The minimum absolute atomic E-state index is 0.0680. The summed E-state index contributed by atoms with van der Waals surface area (Å²) in [6.45, 7) is 0. The number of benzene rings is 1. The van der Waals surface area contributed by atoms with Crippen LogP contribution in [0.25, 0.3) is 0 Å². The lowest BCUT2D eigenvalue weighted by Gasteiger charge is -2.08. The molecule has 0 radical (unpaired) electrons. The van der Waals surface area contributed by atoms with Crippen molar-refractivity contribution in [3.05, 3.63) is 28.8 Å². The number of rotatable bonds is 6. The molecule has 0 fully saturated rings. The Hall–Kier alpha value is -2.08. The van der Waals surface area contributed by atoms with Gasteiger partial charge in [0.1, 0.15) is 0 Å². The molecule has 0 bridgehead atoms. The standard InChI is InChI=1S/C13H14ClNO5/c1-20-13(19)9-7-8(5-6-10(9)14)15-11(16)3-2-4-12(17)18/h5-7H,2-4H2,1H3,(H,15,16)(H,17,18). The predicted molar refractivity (Wildman–Crippen MR) is 72.9 cm³/mol. The molecule has 7 heteroatoms. The number of carbonyl (C=O) groups excluding carboxylic acids is 2. The Morgan fingerprint density at radius 3 is 2.60 bits per heavy atom. The van der Waals surface area contributed by atoms with Crippen LogP contribution in [0.3, 0.4) is 0 Å². The van der Waals surface area contributed by atoms with E-state index in [9.17, 15) is 14.4 Å². The van der Waals surface area contributed by atoms with Gasteiger partial charge < -0.3 is 15.2 Å². The molecule has 0 heterocycles. The molecule has 0 atom stereocenters. The molecule has 0 aliphatic carbocycles. The maximum absolute atomic E-state index is 11.6. The number of hydrogen-bond acceptors (Lipinski definition) is 4. The fourth-order valence-corrected chi connectivity index (χ4v) is 1.69. The van der Waals surface area contributed by atoms with Crippen LogP contribution in [-0.2, 0) is 14.3 Å². The Morgan fingerprint density at radius 1 is 1.30 bits per heavy atom. The average Bonchev–Trinajstić information content (AvgIpc) is 2.39. The number of aliphatic carboxylic acids is 1. The van der Waals surface area contributed by atoms with Crippen molar-refractivity contribution in [2.24, 2.45) is 0 Å². The van der Waals surface area contributed by atoms with Gasteiger partial charge in [-0.05, 0) is 24.6 Å². The van der Waals surface area contributed by atoms with Gasteiger partial charge in [0.25, 0.3) is 0 Å². The van der Waals surface area contributed by atoms with E-state index in [0.29, 0.717) is 5.69 Å². The number of nitrogens with one attached hydrogen (secondary N) is 1. The van der Waals surface area contributed by atoms with Gasteiger partial charge >= 0.3 is 11.9 Å². The molecule has 2 N–H and O–H groups in total. The molecule has 6 nitrogen and oxygen atoms in total. The molecular formula is C13H14ClNO5. The summed E-state index contributed by atoms with van der Waals surface area (Å²) in [6, 6.07) is 4.42. The summed E-state index contributed by atoms with van der Waals surface area (Å²) in [7, 11) is 1.23. The van der Waals surface area contributed by atoms with Crippen LogP contribution in [0.2, 0.25) is 5.02 Å². The highest BCUT2D eigenvalue weighted by molar-refractivity contribution is 6.33. The van der Waals surface area contributed by atoms with Crippen LogP contribution < -0.4 is 5.32 Å². The number of carboxylic acids is 1.